The van der Waals surface area contributed by atoms with E-state index in [0.717, 1.165) is 0 Å². The standard InChI is InChI=1S/C19H13FN2O3S/c1-24-17-7-12(10-21)5-6-16(17)25-18(23)9-15-11-26-19(22-15)13-3-2-4-14(20)8-13/h2-8,11H,9H2,1H3. The van der Waals surface area contributed by atoms with Gasteiger partial charge in [-0.3, -0.25) is 4.79 Å². The second kappa shape index (κ2) is 7.76. The van der Waals surface area contributed by atoms with Crippen LogP contribution in [0, 0.1) is 17.1 Å². The molecule has 0 amide bonds. The SMILES string of the molecule is COc1cc(C#N)ccc1OC(=O)Cc1csc(-c2cccc(F)c2)n1. The first kappa shape index (κ1) is 17.6. The highest BCUT2D eigenvalue weighted by Gasteiger charge is 2.14. The molecule has 3 rings (SSSR count). The van der Waals surface area contributed by atoms with Crippen LogP contribution in [0.15, 0.2) is 47.8 Å². The number of nitrogens with zero attached hydrogens (tertiary/aromatic N) is 2. The minimum absolute atomic E-state index is 0.0328. The lowest BCUT2D eigenvalue weighted by Crippen LogP contribution is -2.12. The molecule has 0 aliphatic carbocycles. The molecule has 7 heteroatoms. The molecule has 5 nitrogen and oxygen atoms in total. The first-order valence-electron chi connectivity index (χ1n) is 7.58. The molecule has 0 unspecified atom stereocenters. The number of methoxy groups -OCH3 is 1. The maximum Gasteiger partial charge on any atom is 0.317 e. The zero-order chi connectivity index (χ0) is 18.5. The smallest absolute Gasteiger partial charge is 0.317 e. The summed E-state index contributed by atoms with van der Waals surface area (Å²) in [5.41, 5.74) is 1.59. The minimum atomic E-state index is -0.510. The third-order valence-corrected chi connectivity index (χ3v) is 4.41. The molecule has 2 aromatic carbocycles. The van der Waals surface area contributed by atoms with E-state index in [9.17, 15) is 9.18 Å². The summed E-state index contributed by atoms with van der Waals surface area (Å²) < 4.78 is 23.7. The Morgan fingerprint density at radius 2 is 2.12 bits per heavy atom. The number of thiazole rings is 1. The third kappa shape index (κ3) is 4.05. The van der Waals surface area contributed by atoms with Gasteiger partial charge in [0.15, 0.2) is 11.5 Å². The number of aromatic nitrogens is 1. The summed E-state index contributed by atoms with van der Waals surface area (Å²) >= 11 is 1.33. The van der Waals surface area contributed by atoms with E-state index in [1.165, 1.54) is 48.8 Å². The van der Waals surface area contributed by atoms with Gasteiger partial charge in [0.25, 0.3) is 0 Å². The summed E-state index contributed by atoms with van der Waals surface area (Å²) in [5, 5.41) is 11.3. The predicted octanol–water partition coefficient (Wildman–Crippen LogP) is 3.98. The van der Waals surface area contributed by atoms with Gasteiger partial charge in [-0.15, -0.1) is 11.3 Å². The average Bonchev–Trinajstić information content (AvgIpc) is 3.10. The van der Waals surface area contributed by atoms with Gasteiger partial charge < -0.3 is 9.47 Å². The van der Waals surface area contributed by atoms with Crippen LogP contribution in [0.4, 0.5) is 4.39 Å². The maximum absolute atomic E-state index is 13.3. The molecule has 0 N–H and O–H groups in total. The number of halogens is 1. The number of hydrogen-bond donors (Lipinski definition) is 0. The fraction of sp³-hybridized carbons (Fsp3) is 0.105. The van der Waals surface area contributed by atoms with E-state index >= 15 is 0 Å². The summed E-state index contributed by atoms with van der Waals surface area (Å²) in [5.74, 6) is -0.316. The molecule has 0 saturated heterocycles. The monoisotopic (exact) mass is 368 g/mol. The zero-order valence-corrected chi connectivity index (χ0v) is 14.5. The number of esters is 1. The van der Waals surface area contributed by atoms with Gasteiger partial charge in [-0.2, -0.15) is 5.26 Å². The highest BCUT2D eigenvalue weighted by Crippen LogP contribution is 2.29. The van der Waals surface area contributed by atoms with Crippen molar-refractivity contribution in [1.82, 2.24) is 4.98 Å². The van der Waals surface area contributed by atoms with Crippen molar-refractivity contribution in [3.05, 3.63) is 64.9 Å². The summed E-state index contributed by atoms with van der Waals surface area (Å²) in [7, 11) is 1.43. The van der Waals surface area contributed by atoms with Crippen molar-refractivity contribution in [1.29, 1.82) is 5.26 Å². The first-order valence-corrected chi connectivity index (χ1v) is 8.46. The molecule has 1 heterocycles. The van der Waals surface area contributed by atoms with E-state index < -0.39 is 5.97 Å². The van der Waals surface area contributed by atoms with Crippen LogP contribution in [0.5, 0.6) is 11.5 Å². The molecule has 0 bridgehead atoms. The Bertz CT molecular complexity index is 994. The Kier molecular flexibility index (Phi) is 5.25. The molecule has 0 fully saturated rings. The molecule has 0 aliphatic rings. The number of ether oxygens (including phenoxy) is 2. The Hall–Kier alpha value is -3.24. The van der Waals surface area contributed by atoms with Crippen molar-refractivity contribution in [2.75, 3.05) is 7.11 Å². The highest BCUT2D eigenvalue weighted by atomic mass is 32.1. The topological polar surface area (TPSA) is 72.2 Å². The van der Waals surface area contributed by atoms with Crippen LogP contribution in [-0.2, 0) is 11.2 Å². The van der Waals surface area contributed by atoms with E-state index in [1.807, 2.05) is 6.07 Å². The molecule has 0 saturated carbocycles. The van der Waals surface area contributed by atoms with Gasteiger partial charge in [0.2, 0.25) is 0 Å². The van der Waals surface area contributed by atoms with Gasteiger partial charge in [0.1, 0.15) is 10.8 Å². The van der Waals surface area contributed by atoms with Gasteiger partial charge in [-0.05, 0) is 24.3 Å². The van der Waals surface area contributed by atoms with E-state index in [0.29, 0.717) is 27.6 Å². The van der Waals surface area contributed by atoms with Gasteiger partial charge >= 0.3 is 5.97 Å². The second-order valence-corrected chi connectivity index (χ2v) is 6.14. The van der Waals surface area contributed by atoms with Crippen molar-refractivity contribution in [3.8, 4) is 28.1 Å². The molecule has 26 heavy (non-hydrogen) atoms. The Labute approximate surface area is 153 Å². The number of hydrogen-bond acceptors (Lipinski definition) is 6. The molecule has 1 aromatic heterocycles. The third-order valence-electron chi connectivity index (χ3n) is 3.47. The fourth-order valence-electron chi connectivity index (χ4n) is 2.27. The fourth-order valence-corrected chi connectivity index (χ4v) is 3.09. The van der Waals surface area contributed by atoms with Crippen LogP contribution < -0.4 is 9.47 Å². The van der Waals surface area contributed by atoms with Crippen LogP contribution in [-0.4, -0.2) is 18.1 Å². The number of benzene rings is 2. The predicted molar refractivity (Wildman–Crippen MR) is 94.6 cm³/mol. The van der Waals surface area contributed by atoms with Gasteiger partial charge in [0, 0.05) is 17.0 Å². The first-order chi connectivity index (χ1) is 12.6. The van der Waals surface area contributed by atoms with E-state index in [-0.39, 0.29) is 18.0 Å². The van der Waals surface area contributed by atoms with Crippen molar-refractivity contribution in [3.63, 3.8) is 0 Å². The number of carbonyl (C=O) groups excluding carboxylic acids is 1. The molecular formula is C19H13FN2O3S. The number of carbonyl (C=O) groups is 1. The maximum atomic E-state index is 13.3. The van der Waals surface area contributed by atoms with Gasteiger partial charge in [0.05, 0.1) is 30.9 Å². The van der Waals surface area contributed by atoms with Crippen molar-refractivity contribution < 1.29 is 18.7 Å². The van der Waals surface area contributed by atoms with Crippen molar-refractivity contribution in [2.24, 2.45) is 0 Å². The van der Waals surface area contributed by atoms with Gasteiger partial charge in [-0.1, -0.05) is 12.1 Å². The van der Waals surface area contributed by atoms with E-state index in [2.05, 4.69) is 4.98 Å². The molecule has 3 aromatic rings. The Balaban J connectivity index is 1.71. The van der Waals surface area contributed by atoms with Crippen molar-refractivity contribution in [2.45, 2.75) is 6.42 Å². The molecule has 130 valence electrons. The lowest BCUT2D eigenvalue weighted by molar-refractivity contribution is -0.133. The second-order valence-electron chi connectivity index (χ2n) is 5.28. The molecule has 0 aliphatic heterocycles. The Morgan fingerprint density at radius 3 is 2.85 bits per heavy atom. The minimum Gasteiger partial charge on any atom is -0.493 e. The molecule has 0 spiro atoms. The van der Waals surface area contributed by atoms with Crippen LogP contribution in [0.1, 0.15) is 11.3 Å². The average molecular weight is 368 g/mol. The molecule has 0 radical (unpaired) electrons. The molecular weight excluding hydrogens is 355 g/mol. The van der Waals surface area contributed by atoms with Crippen LogP contribution >= 0.6 is 11.3 Å². The summed E-state index contributed by atoms with van der Waals surface area (Å²) in [6.45, 7) is 0. The largest absolute Gasteiger partial charge is 0.493 e. The highest BCUT2D eigenvalue weighted by molar-refractivity contribution is 7.13. The summed E-state index contributed by atoms with van der Waals surface area (Å²) in [4.78, 5) is 16.5. The van der Waals surface area contributed by atoms with Crippen LogP contribution in [0.25, 0.3) is 10.6 Å². The number of nitriles is 1. The van der Waals surface area contributed by atoms with E-state index in [1.54, 1.807) is 17.5 Å². The van der Waals surface area contributed by atoms with E-state index in [4.69, 9.17) is 14.7 Å². The van der Waals surface area contributed by atoms with Crippen LogP contribution in [0.3, 0.4) is 0 Å². The lowest BCUT2D eigenvalue weighted by Gasteiger charge is -2.08. The lowest BCUT2D eigenvalue weighted by atomic mass is 10.2. The summed E-state index contributed by atoms with van der Waals surface area (Å²) in [6.07, 6.45) is -0.0328. The normalized spacial score (nSPS) is 10.2. The molecule has 0 atom stereocenters. The summed E-state index contributed by atoms with van der Waals surface area (Å²) in [6, 6.07) is 12.6. The van der Waals surface area contributed by atoms with Crippen molar-refractivity contribution >= 4 is 17.3 Å². The van der Waals surface area contributed by atoms with Gasteiger partial charge in [-0.25, -0.2) is 9.37 Å². The van der Waals surface area contributed by atoms with Crippen LogP contribution in [0.2, 0.25) is 0 Å². The zero-order valence-electron chi connectivity index (χ0n) is 13.7. The Morgan fingerprint density at radius 1 is 1.27 bits per heavy atom. The quantitative estimate of drug-likeness (QED) is 0.503. The number of rotatable bonds is 5.